The van der Waals surface area contributed by atoms with Gasteiger partial charge in [0.1, 0.15) is 11.5 Å². The molecule has 1 aromatic carbocycles. The smallest absolute Gasteiger partial charge is 0.163 e. The molecular weight excluding hydrogens is 254 g/mol. The van der Waals surface area contributed by atoms with Crippen molar-refractivity contribution in [2.24, 2.45) is 11.1 Å². The number of rotatable bonds is 8. The molecule has 0 saturated carbocycles. The second-order valence-corrected chi connectivity index (χ2v) is 5.73. The van der Waals surface area contributed by atoms with E-state index < -0.39 is 0 Å². The molecule has 0 bridgehead atoms. The van der Waals surface area contributed by atoms with E-state index in [-0.39, 0.29) is 11.2 Å². The van der Waals surface area contributed by atoms with E-state index in [0.717, 1.165) is 12.8 Å². The highest BCUT2D eigenvalue weighted by atomic mass is 16.5. The van der Waals surface area contributed by atoms with Crippen molar-refractivity contribution in [2.75, 3.05) is 20.8 Å². The lowest BCUT2D eigenvalue weighted by molar-refractivity contribution is 0.0961. The van der Waals surface area contributed by atoms with Crippen molar-refractivity contribution in [2.45, 2.75) is 33.1 Å². The minimum Gasteiger partial charge on any atom is -0.497 e. The van der Waals surface area contributed by atoms with E-state index in [1.165, 1.54) is 0 Å². The fraction of sp³-hybridized carbons (Fsp3) is 0.562. The van der Waals surface area contributed by atoms with E-state index >= 15 is 0 Å². The fourth-order valence-corrected chi connectivity index (χ4v) is 2.08. The number of carbonyl (C=O) groups excluding carboxylic acids is 1. The van der Waals surface area contributed by atoms with Gasteiger partial charge in [0.05, 0.1) is 14.2 Å². The fourth-order valence-electron chi connectivity index (χ4n) is 2.08. The van der Waals surface area contributed by atoms with Gasteiger partial charge in [-0.05, 0) is 36.9 Å². The molecule has 0 fully saturated rings. The third-order valence-corrected chi connectivity index (χ3v) is 3.52. The van der Waals surface area contributed by atoms with Crippen molar-refractivity contribution >= 4 is 5.78 Å². The van der Waals surface area contributed by atoms with Gasteiger partial charge in [0, 0.05) is 18.1 Å². The summed E-state index contributed by atoms with van der Waals surface area (Å²) >= 11 is 0. The van der Waals surface area contributed by atoms with E-state index in [2.05, 4.69) is 13.8 Å². The second-order valence-electron chi connectivity index (χ2n) is 5.73. The number of nitrogens with two attached hydrogens (primary N) is 1. The van der Waals surface area contributed by atoms with Crippen molar-refractivity contribution in [1.29, 1.82) is 0 Å². The number of Topliss-reactive ketones (excluding diaryl/α,β-unsaturated/α-hetero) is 1. The summed E-state index contributed by atoms with van der Waals surface area (Å²) in [7, 11) is 3.15. The third kappa shape index (κ3) is 4.85. The zero-order chi connectivity index (χ0) is 15.2. The maximum Gasteiger partial charge on any atom is 0.163 e. The van der Waals surface area contributed by atoms with Crippen LogP contribution in [0, 0.1) is 5.41 Å². The molecule has 4 heteroatoms. The standard InChI is InChI=1S/C16H25NO3/c1-16(2,7-8-17)6-5-15(18)12-9-13(19-3)11-14(10-12)20-4/h9-11H,5-8,17H2,1-4H3. The minimum absolute atomic E-state index is 0.0906. The Morgan fingerprint density at radius 3 is 2.10 bits per heavy atom. The summed E-state index contributed by atoms with van der Waals surface area (Å²) in [5, 5.41) is 0. The average Bonchev–Trinajstić information content (AvgIpc) is 2.44. The van der Waals surface area contributed by atoms with Gasteiger partial charge in [-0.3, -0.25) is 4.79 Å². The Bertz CT molecular complexity index is 433. The molecule has 0 amide bonds. The SMILES string of the molecule is COc1cc(OC)cc(C(=O)CCC(C)(C)CCN)c1. The summed E-state index contributed by atoms with van der Waals surface area (Å²) in [6.45, 7) is 4.92. The molecule has 0 unspecified atom stereocenters. The van der Waals surface area contributed by atoms with E-state index in [1.54, 1.807) is 32.4 Å². The van der Waals surface area contributed by atoms with Gasteiger partial charge in [-0.15, -0.1) is 0 Å². The Kier molecular flexibility index (Phi) is 6.02. The van der Waals surface area contributed by atoms with E-state index in [4.69, 9.17) is 15.2 Å². The summed E-state index contributed by atoms with van der Waals surface area (Å²) in [6.07, 6.45) is 2.24. The van der Waals surface area contributed by atoms with Crippen molar-refractivity contribution in [1.82, 2.24) is 0 Å². The highest BCUT2D eigenvalue weighted by Gasteiger charge is 2.19. The summed E-state index contributed by atoms with van der Waals surface area (Å²) in [4.78, 5) is 12.3. The number of ether oxygens (including phenoxy) is 2. The van der Waals surface area contributed by atoms with E-state index in [1.807, 2.05) is 0 Å². The Morgan fingerprint density at radius 1 is 1.10 bits per heavy atom. The molecule has 1 rings (SSSR count). The quantitative estimate of drug-likeness (QED) is 0.743. The number of hydrogen-bond acceptors (Lipinski definition) is 4. The lowest BCUT2D eigenvalue weighted by atomic mass is 9.83. The first-order valence-corrected chi connectivity index (χ1v) is 6.88. The first-order valence-electron chi connectivity index (χ1n) is 6.88. The Labute approximate surface area is 121 Å². The lowest BCUT2D eigenvalue weighted by Crippen LogP contribution is -2.18. The maximum atomic E-state index is 12.3. The number of carbonyl (C=O) groups is 1. The van der Waals surface area contributed by atoms with E-state index in [0.29, 0.717) is 30.0 Å². The molecule has 4 nitrogen and oxygen atoms in total. The lowest BCUT2D eigenvalue weighted by Gasteiger charge is -2.23. The van der Waals surface area contributed by atoms with Gasteiger partial charge in [0.2, 0.25) is 0 Å². The maximum absolute atomic E-state index is 12.3. The molecule has 0 heterocycles. The zero-order valence-corrected chi connectivity index (χ0v) is 12.9. The second kappa shape index (κ2) is 7.29. The van der Waals surface area contributed by atoms with Gasteiger partial charge in [-0.25, -0.2) is 0 Å². The van der Waals surface area contributed by atoms with Gasteiger partial charge in [-0.1, -0.05) is 13.8 Å². The van der Waals surface area contributed by atoms with E-state index in [9.17, 15) is 4.79 Å². The van der Waals surface area contributed by atoms with Crippen LogP contribution in [0.3, 0.4) is 0 Å². The minimum atomic E-state index is 0.0906. The first kappa shape index (κ1) is 16.5. The Hall–Kier alpha value is -1.55. The van der Waals surface area contributed by atoms with Gasteiger partial charge in [0.15, 0.2) is 5.78 Å². The van der Waals surface area contributed by atoms with Gasteiger partial charge >= 0.3 is 0 Å². The zero-order valence-electron chi connectivity index (χ0n) is 12.9. The van der Waals surface area contributed by atoms with Crippen LogP contribution in [-0.2, 0) is 0 Å². The molecule has 0 aliphatic carbocycles. The van der Waals surface area contributed by atoms with Crippen molar-refractivity contribution in [3.8, 4) is 11.5 Å². The van der Waals surface area contributed by atoms with Crippen molar-refractivity contribution in [3.63, 3.8) is 0 Å². The van der Waals surface area contributed by atoms with Crippen LogP contribution in [0.5, 0.6) is 11.5 Å². The normalized spacial score (nSPS) is 11.2. The summed E-state index contributed by atoms with van der Waals surface area (Å²) < 4.78 is 10.4. The Balaban J connectivity index is 2.77. The van der Waals surface area contributed by atoms with Crippen LogP contribution in [-0.4, -0.2) is 26.5 Å². The predicted octanol–water partition coefficient (Wildman–Crippen LogP) is 3.04. The predicted molar refractivity (Wildman–Crippen MR) is 80.6 cm³/mol. The molecule has 0 radical (unpaired) electrons. The highest BCUT2D eigenvalue weighted by molar-refractivity contribution is 5.96. The largest absolute Gasteiger partial charge is 0.497 e. The van der Waals surface area contributed by atoms with Crippen LogP contribution >= 0.6 is 0 Å². The number of ketones is 1. The number of benzene rings is 1. The molecule has 112 valence electrons. The summed E-state index contributed by atoms with van der Waals surface area (Å²) in [5.41, 5.74) is 6.31. The molecule has 0 atom stereocenters. The molecule has 20 heavy (non-hydrogen) atoms. The van der Waals surface area contributed by atoms with Crippen LogP contribution in [0.15, 0.2) is 18.2 Å². The molecule has 2 N–H and O–H groups in total. The Morgan fingerprint density at radius 2 is 1.65 bits per heavy atom. The van der Waals surface area contributed by atoms with Crippen LogP contribution in [0.4, 0.5) is 0 Å². The molecule has 0 aliphatic rings. The summed E-state index contributed by atoms with van der Waals surface area (Å²) in [5.74, 6) is 1.37. The molecule has 0 aliphatic heterocycles. The highest BCUT2D eigenvalue weighted by Crippen LogP contribution is 2.28. The molecule has 0 aromatic heterocycles. The van der Waals surface area contributed by atoms with Crippen LogP contribution in [0.1, 0.15) is 43.5 Å². The van der Waals surface area contributed by atoms with Gasteiger partial charge < -0.3 is 15.2 Å². The van der Waals surface area contributed by atoms with Crippen LogP contribution in [0.2, 0.25) is 0 Å². The number of hydrogen-bond donors (Lipinski definition) is 1. The average molecular weight is 279 g/mol. The van der Waals surface area contributed by atoms with Gasteiger partial charge in [-0.2, -0.15) is 0 Å². The van der Waals surface area contributed by atoms with Crippen LogP contribution < -0.4 is 15.2 Å². The van der Waals surface area contributed by atoms with Crippen LogP contribution in [0.25, 0.3) is 0 Å². The molecule has 0 spiro atoms. The monoisotopic (exact) mass is 279 g/mol. The first-order chi connectivity index (χ1) is 9.41. The molecule has 0 saturated heterocycles. The van der Waals surface area contributed by atoms with Crippen molar-refractivity contribution < 1.29 is 14.3 Å². The number of methoxy groups -OCH3 is 2. The third-order valence-electron chi connectivity index (χ3n) is 3.52. The topological polar surface area (TPSA) is 61.5 Å². The summed E-state index contributed by atoms with van der Waals surface area (Å²) in [6, 6.07) is 5.26. The van der Waals surface area contributed by atoms with Gasteiger partial charge in [0.25, 0.3) is 0 Å². The van der Waals surface area contributed by atoms with Crippen molar-refractivity contribution in [3.05, 3.63) is 23.8 Å². The molecule has 1 aromatic rings. The molecular formula is C16H25NO3.